The highest BCUT2D eigenvalue weighted by Crippen LogP contribution is 2.22. The maximum Gasteiger partial charge on any atom is 0.387 e. The molecule has 2 aromatic rings. The van der Waals surface area contributed by atoms with Crippen molar-refractivity contribution in [3.8, 4) is 5.75 Å². The van der Waals surface area contributed by atoms with Gasteiger partial charge in [-0.3, -0.25) is 9.89 Å². The Balaban J connectivity index is 0.00000385. The third-order valence-corrected chi connectivity index (χ3v) is 5.28. The van der Waals surface area contributed by atoms with Gasteiger partial charge in [0.05, 0.1) is 12.7 Å². The number of ether oxygens (including phenoxy) is 2. The first-order chi connectivity index (χ1) is 15.4. The van der Waals surface area contributed by atoms with Crippen LogP contribution in [0.2, 0.25) is 0 Å². The number of aryl methyl sites for hydroxylation is 1. The molecule has 2 N–H and O–H groups in total. The first kappa shape index (κ1) is 27.3. The number of guanidine groups is 1. The average Bonchev–Trinajstić information content (AvgIpc) is 2.75. The summed E-state index contributed by atoms with van der Waals surface area (Å²) in [4.78, 5) is 6.64. The van der Waals surface area contributed by atoms with Crippen LogP contribution in [0.15, 0.2) is 47.5 Å². The second kappa shape index (κ2) is 13.7. The smallest absolute Gasteiger partial charge is 0.387 e. The third kappa shape index (κ3) is 9.05. The van der Waals surface area contributed by atoms with E-state index >= 15 is 0 Å². The Bertz CT molecular complexity index is 914. The van der Waals surface area contributed by atoms with E-state index in [1.54, 1.807) is 19.2 Å². The number of benzene rings is 2. The molecule has 3 rings (SSSR count). The molecule has 0 radical (unpaired) electrons. The molecule has 9 heteroatoms. The van der Waals surface area contributed by atoms with Gasteiger partial charge in [-0.2, -0.15) is 8.78 Å². The Morgan fingerprint density at radius 1 is 1.18 bits per heavy atom. The molecular formula is C24H33F2IN4O2. The SMILES string of the molecule is CN=C(NCc1cccc(CN2CCOC(C)C2)c1)NCc1cc(C)ccc1OC(F)F.I. The van der Waals surface area contributed by atoms with E-state index in [4.69, 9.17) is 4.74 Å². The van der Waals surface area contributed by atoms with Crippen LogP contribution in [-0.2, 0) is 24.4 Å². The Morgan fingerprint density at radius 2 is 1.94 bits per heavy atom. The normalized spacial score (nSPS) is 16.9. The second-order valence-electron chi connectivity index (χ2n) is 8.01. The Hall–Kier alpha value is -1.98. The standard InChI is InChI=1S/C24H32F2N4O2.HI/c1-17-7-8-22(32-23(25)26)21(11-17)14-29-24(27-3)28-13-19-5-4-6-20(12-19)16-30-9-10-31-18(2)15-30;/h4-8,11-12,18,23H,9-10,13-16H2,1-3H3,(H2,27,28,29);1H. The molecule has 0 spiro atoms. The summed E-state index contributed by atoms with van der Waals surface area (Å²) >= 11 is 0. The molecule has 33 heavy (non-hydrogen) atoms. The number of halogens is 3. The summed E-state index contributed by atoms with van der Waals surface area (Å²) in [5, 5.41) is 6.46. The van der Waals surface area contributed by atoms with Crippen molar-refractivity contribution in [3.05, 3.63) is 64.7 Å². The van der Waals surface area contributed by atoms with Crippen LogP contribution in [-0.4, -0.2) is 50.3 Å². The van der Waals surface area contributed by atoms with Crippen molar-refractivity contribution in [2.45, 2.75) is 46.2 Å². The second-order valence-corrected chi connectivity index (χ2v) is 8.01. The van der Waals surface area contributed by atoms with Gasteiger partial charge in [-0.15, -0.1) is 24.0 Å². The van der Waals surface area contributed by atoms with E-state index in [1.807, 2.05) is 13.0 Å². The van der Waals surface area contributed by atoms with Gasteiger partial charge in [0.25, 0.3) is 0 Å². The van der Waals surface area contributed by atoms with E-state index in [2.05, 4.69) is 56.5 Å². The topological polar surface area (TPSA) is 58.1 Å². The lowest BCUT2D eigenvalue weighted by Crippen LogP contribution is -2.40. The van der Waals surface area contributed by atoms with Crippen molar-refractivity contribution in [3.63, 3.8) is 0 Å². The summed E-state index contributed by atoms with van der Waals surface area (Å²) in [6.45, 7) is 5.62. The van der Waals surface area contributed by atoms with Crippen LogP contribution in [0.1, 0.15) is 29.2 Å². The highest BCUT2D eigenvalue weighted by atomic mass is 127. The molecule has 1 aliphatic rings. The molecule has 6 nitrogen and oxygen atoms in total. The number of morpholine rings is 1. The lowest BCUT2D eigenvalue weighted by atomic mass is 10.1. The molecule has 0 bridgehead atoms. The van der Waals surface area contributed by atoms with Gasteiger partial charge in [-0.05, 0) is 31.0 Å². The van der Waals surface area contributed by atoms with Gasteiger partial charge >= 0.3 is 6.61 Å². The van der Waals surface area contributed by atoms with Crippen LogP contribution >= 0.6 is 24.0 Å². The monoisotopic (exact) mass is 574 g/mol. The summed E-state index contributed by atoms with van der Waals surface area (Å²) < 4.78 is 35.6. The van der Waals surface area contributed by atoms with Crippen LogP contribution in [0, 0.1) is 6.92 Å². The van der Waals surface area contributed by atoms with E-state index in [0.717, 1.165) is 37.4 Å². The van der Waals surface area contributed by atoms with Crippen molar-refractivity contribution < 1.29 is 18.3 Å². The minimum Gasteiger partial charge on any atom is -0.434 e. The Labute approximate surface area is 211 Å². The van der Waals surface area contributed by atoms with E-state index in [-0.39, 0.29) is 35.8 Å². The van der Waals surface area contributed by atoms with Crippen molar-refractivity contribution in [1.82, 2.24) is 15.5 Å². The number of hydrogen-bond donors (Lipinski definition) is 2. The zero-order valence-electron chi connectivity index (χ0n) is 19.3. The van der Waals surface area contributed by atoms with Gasteiger partial charge in [0.1, 0.15) is 5.75 Å². The molecule has 1 saturated heterocycles. The maximum absolute atomic E-state index is 12.7. The molecule has 182 valence electrons. The molecule has 1 aliphatic heterocycles. The first-order valence-corrected chi connectivity index (χ1v) is 10.8. The van der Waals surface area contributed by atoms with E-state index in [9.17, 15) is 8.78 Å². The minimum atomic E-state index is -2.86. The van der Waals surface area contributed by atoms with Gasteiger partial charge in [-0.25, -0.2) is 0 Å². The van der Waals surface area contributed by atoms with Crippen molar-refractivity contribution in [2.24, 2.45) is 4.99 Å². The third-order valence-electron chi connectivity index (χ3n) is 5.28. The highest BCUT2D eigenvalue weighted by Gasteiger charge is 2.16. The van der Waals surface area contributed by atoms with Gasteiger partial charge in [0, 0.05) is 45.3 Å². The van der Waals surface area contributed by atoms with E-state index in [0.29, 0.717) is 24.6 Å². The van der Waals surface area contributed by atoms with Gasteiger partial charge in [0.2, 0.25) is 0 Å². The number of alkyl halides is 2. The largest absolute Gasteiger partial charge is 0.434 e. The average molecular weight is 574 g/mol. The molecule has 1 atom stereocenters. The number of hydrogen-bond acceptors (Lipinski definition) is 4. The fraction of sp³-hybridized carbons (Fsp3) is 0.458. The maximum atomic E-state index is 12.7. The lowest BCUT2D eigenvalue weighted by Gasteiger charge is -2.31. The van der Waals surface area contributed by atoms with Crippen LogP contribution in [0.3, 0.4) is 0 Å². The van der Waals surface area contributed by atoms with Gasteiger partial charge in [0.15, 0.2) is 5.96 Å². The van der Waals surface area contributed by atoms with Crippen LogP contribution in [0.25, 0.3) is 0 Å². The molecule has 0 amide bonds. The summed E-state index contributed by atoms with van der Waals surface area (Å²) in [5.41, 5.74) is 4.02. The van der Waals surface area contributed by atoms with Crippen LogP contribution < -0.4 is 15.4 Å². The van der Waals surface area contributed by atoms with E-state index < -0.39 is 6.61 Å². The summed E-state index contributed by atoms with van der Waals surface area (Å²) in [6, 6.07) is 13.6. The molecule has 2 aromatic carbocycles. The molecule has 1 unspecified atom stereocenters. The fourth-order valence-corrected chi connectivity index (χ4v) is 3.77. The lowest BCUT2D eigenvalue weighted by molar-refractivity contribution is -0.0504. The predicted molar refractivity (Wildman–Crippen MR) is 137 cm³/mol. The van der Waals surface area contributed by atoms with Crippen molar-refractivity contribution >= 4 is 29.9 Å². The Morgan fingerprint density at radius 3 is 2.67 bits per heavy atom. The number of rotatable bonds is 8. The summed E-state index contributed by atoms with van der Waals surface area (Å²) in [5.74, 6) is 0.751. The first-order valence-electron chi connectivity index (χ1n) is 10.8. The molecule has 1 fully saturated rings. The predicted octanol–water partition coefficient (Wildman–Crippen LogP) is 4.30. The van der Waals surface area contributed by atoms with Crippen molar-refractivity contribution in [2.75, 3.05) is 26.7 Å². The van der Waals surface area contributed by atoms with Crippen molar-refractivity contribution in [1.29, 1.82) is 0 Å². The zero-order valence-corrected chi connectivity index (χ0v) is 21.6. The zero-order chi connectivity index (χ0) is 22.9. The Kier molecular flexibility index (Phi) is 11.3. The number of aliphatic imine (C=N–C) groups is 1. The molecule has 0 saturated carbocycles. The highest BCUT2D eigenvalue weighted by molar-refractivity contribution is 14.0. The summed E-state index contributed by atoms with van der Waals surface area (Å²) in [7, 11) is 1.68. The quantitative estimate of drug-likeness (QED) is 0.280. The molecule has 1 heterocycles. The fourth-order valence-electron chi connectivity index (χ4n) is 3.77. The minimum absolute atomic E-state index is 0. The van der Waals surface area contributed by atoms with Gasteiger partial charge in [-0.1, -0.05) is 42.0 Å². The number of nitrogens with zero attached hydrogens (tertiary/aromatic N) is 2. The van der Waals surface area contributed by atoms with Crippen LogP contribution in [0.5, 0.6) is 5.75 Å². The number of nitrogens with one attached hydrogen (secondary N) is 2. The molecular weight excluding hydrogens is 541 g/mol. The molecule has 0 aromatic heterocycles. The van der Waals surface area contributed by atoms with Crippen LogP contribution in [0.4, 0.5) is 8.78 Å². The van der Waals surface area contributed by atoms with Gasteiger partial charge < -0.3 is 20.1 Å². The summed E-state index contributed by atoms with van der Waals surface area (Å²) in [6.07, 6.45) is 0.267. The molecule has 0 aliphatic carbocycles. The van der Waals surface area contributed by atoms with E-state index in [1.165, 1.54) is 5.56 Å².